The minimum absolute atomic E-state index is 0.236. The molecule has 0 fully saturated rings. The SMILES string of the molecule is CCc1ccc(NC(=O)NCc2nc(C(=O)NCCc3cccc(Cl)c3)cs2)cc1. The lowest BCUT2D eigenvalue weighted by Gasteiger charge is -2.07. The summed E-state index contributed by atoms with van der Waals surface area (Å²) in [6.07, 6.45) is 1.64. The molecule has 2 aromatic carbocycles. The predicted octanol–water partition coefficient (Wildman–Crippen LogP) is 4.65. The largest absolute Gasteiger partial charge is 0.350 e. The lowest BCUT2D eigenvalue weighted by molar-refractivity contribution is 0.0949. The Morgan fingerprint density at radius 3 is 2.60 bits per heavy atom. The fraction of sp³-hybridized carbons (Fsp3) is 0.227. The normalized spacial score (nSPS) is 10.5. The van der Waals surface area contributed by atoms with Gasteiger partial charge in [-0.15, -0.1) is 11.3 Å². The van der Waals surface area contributed by atoms with Crippen molar-refractivity contribution in [2.24, 2.45) is 0 Å². The Balaban J connectivity index is 1.42. The van der Waals surface area contributed by atoms with Gasteiger partial charge in [-0.2, -0.15) is 0 Å². The Morgan fingerprint density at radius 2 is 1.87 bits per heavy atom. The van der Waals surface area contributed by atoms with Gasteiger partial charge in [0, 0.05) is 22.6 Å². The Bertz CT molecular complexity index is 1000. The average Bonchev–Trinajstić information content (AvgIpc) is 3.22. The smallest absolute Gasteiger partial charge is 0.319 e. The van der Waals surface area contributed by atoms with Crippen molar-refractivity contribution in [1.82, 2.24) is 15.6 Å². The number of nitrogens with zero attached hydrogens (tertiary/aromatic N) is 1. The molecule has 30 heavy (non-hydrogen) atoms. The molecule has 3 N–H and O–H groups in total. The van der Waals surface area contributed by atoms with Crippen molar-refractivity contribution in [1.29, 1.82) is 0 Å². The highest BCUT2D eigenvalue weighted by Crippen LogP contribution is 2.13. The topological polar surface area (TPSA) is 83.1 Å². The second kappa shape index (κ2) is 10.8. The number of halogens is 1. The first-order valence-electron chi connectivity index (χ1n) is 9.64. The predicted molar refractivity (Wildman–Crippen MR) is 121 cm³/mol. The number of nitrogens with one attached hydrogen (secondary N) is 3. The number of urea groups is 1. The summed E-state index contributed by atoms with van der Waals surface area (Å²) in [6.45, 7) is 2.82. The second-order valence-corrected chi connectivity index (χ2v) is 8.00. The van der Waals surface area contributed by atoms with Gasteiger partial charge in [0.25, 0.3) is 5.91 Å². The molecule has 3 amide bonds. The zero-order chi connectivity index (χ0) is 21.3. The maximum atomic E-state index is 12.3. The summed E-state index contributed by atoms with van der Waals surface area (Å²) in [4.78, 5) is 28.6. The van der Waals surface area contributed by atoms with Crippen LogP contribution in [0.4, 0.5) is 10.5 Å². The summed E-state index contributed by atoms with van der Waals surface area (Å²) in [5.74, 6) is -0.236. The molecule has 1 heterocycles. The van der Waals surface area contributed by atoms with Crippen molar-refractivity contribution >= 4 is 40.6 Å². The summed E-state index contributed by atoms with van der Waals surface area (Å²) in [5, 5.41) is 11.4. The van der Waals surface area contributed by atoms with Crippen molar-refractivity contribution in [3.8, 4) is 0 Å². The molecule has 0 radical (unpaired) electrons. The molecule has 0 aliphatic carbocycles. The van der Waals surface area contributed by atoms with E-state index in [0.717, 1.165) is 17.7 Å². The molecule has 3 aromatic rings. The molecule has 8 heteroatoms. The van der Waals surface area contributed by atoms with E-state index in [-0.39, 0.29) is 18.5 Å². The summed E-state index contributed by atoms with van der Waals surface area (Å²) in [5.41, 5.74) is 3.34. The summed E-state index contributed by atoms with van der Waals surface area (Å²) < 4.78 is 0. The highest BCUT2D eigenvalue weighted by molar-refractivity contribution is 7.09. The van der Waals surface area contributed by atoms with Crippen molar-refractivity contribution in [3.05, 3.63) is 80.8 Å². The third kappa shape index (κ3) is 6.57. The van der Waals surface area contributed by atoms with Gasteiger partial charge in [0.1, 0.15) is 10.7 Å². The van der Waals surface area contributed by atoms with Crippen LogP contribution in [0.1, 0.15) is 33.5 Å². The van der Waals surface area contributed by atoms with Gasteiger partial charge in [0.15, 0.2) is 0 Å². The van der Waals surface area contributed by atoms with Crippen molar-refractivity contribution in [2.75, 3.05) is 11.9 Å². The molecule has 0 spiro atoms. The van der Waals surface area contributed by atoms with Crippen LogP contribution in [0.2, 0.25) is 5.02 Å². The molecule has 0 saturated heterocycles. The molecule has 0 atom stereocenters. The van der Waals surface area contributed by atoms with Crippen LogP contribution in [0.3, 0.4) is 0 Å². The van der Waals surface area contributed by atoms with E-state index in [4.69, 9.17) is 11.6 Å². The number of thiazole rings is 1. The maximum Gasteiger partial charge on any atom is 0.319 e. The third-order valence-electron chi connectivity index (χ3n) is 4.39. The van der Waals surface area contributed by atoms with E-state index in [0.29, 0.717) is 28.7 Å². The summed E-state index contributed by atoms with van der Waals surface area (Å²) in [6, 6.07) is 14.9. The average molecular weight is 443 g/mol. The fourth-order valence-electron chi connectivity index (χ4n) is 2.75. The van der Waals surface area contributed by atoms with Crippen LogP contribution in [0.15, 0.2) is 53.9 Å². The number of aromatic nitrogens is 1. The minimum atomic E-state index is -0.318. The van der Waals surface area contributed by atoms with Gasteiger partial charge >= 0.3 is 6.03 Å². The molecule has 0 aliphatic heterocycles. The number of amides is 3. The third-order valence-corrected chi connectivity index (χ3v) is 5.48. The molecular weight excluding hydrogens is 420 g/mol. The number of carbonyl (C=O) groups is 2. The highest BCUT2D eigenvalue weighted by Gasteiger charge is 2.11. The fourth-order valence-corrected chi connectivity index (χ4v) is 3.68. The molecule has 0 bridgehead atoms. The first-order valence-corrected chi connectivity index (χ1v) is 10.9. The molecule has 0 saturated carbocycles. The van der Waals surface area contributed by atoms with E-state index >= 15 is 0 Å². The quantitative estimate of drug-likeness (QED) is 0.474. The van der Waals surface area contributed by atoms with Crippen molar-refractivity contribution < 1.29 is 9.59 Å². The van der Waals surface area contributed by atoms with Gasteiger partial charge in [-0.25, -0.2) is 9.78 Å². The van der Waals surface area contributed by atoms with Crippen LogP contribution in [0.5, 0.6) is 0 Å². The Morgan fingerprint density at radius 1 is 1.07 bits per heavy atom. The zero-order valence-corrected chi connectivity index (χ0v) is 18.1. The number of carbonyl (C=O) groups excluding carboxylic acids is 2. The first kappa shape index (κ1) is 21.8. The molecule has 0 unspecified atom stereocenters. The van der Waals surface area contributed by atoms with Gasteiger partial charge in [-0.3, -0.25) is 4.79 Å². The van der Waals surface area contributed by atoms with Crippen LogP contribution in [0.25, 0.3) is 0 Å². The van der Waals surface area contributed by atoms with Crippen LogP contribution >= 0.6 is 22.9 Å². The number of hydrogen-bond acceptors (Lipinski definition) is 4. The zero-order valence-electron chi connectivity index (χ0n) is 16.6. The van der Waals surface area contributed by atoms with E-state index in [1.54, 1.807) is 5.38 Å². The van der Waals surface area contributed by atoms with E-state index in [2.05, 4.69) is 27.9 Å². The highest BCUT2D eigenvalue weighted by atomic mass is 35.5. The van der Waals surface area contributed by atoms with E-state index < -0.39 is 0 Å². The van der Waals surface area contributed by atoms with Crippen LogP contribution in [0, 0.1) is 0 Å². The van der Waals surface area contributed by atoms with Crippen LogP contribution < -0.4 is 16.0 Å². The number of anilines is 1. The number of hydrogen-bond donors (Lipinski definition) is 3. The van der Waals surface area contributed by atoms with Crippen LogP contribution in [-0.4, -0.2) is 23.5 Å². The summed E-state index contributed by atoms with van der Waals surface area (Å²) >= 11 is 7.30. The Kier molecular flexibility index (Phi) is 7.82. The molecule has 6 nitrogen and oxygen atoms in total. The number of benzene rings is 2. The van der Waals surface area contributed by atoms with E-state index in [1.807, 2.05) is 48.5 Å². The summed E-state index contributed by atoms with van der Waals surface area (Å²) in [7, 11) is 0. The standard InChI is InChI=1S/C22H23ClN4O2S/c1-2-15-6-8-18(9-7-15)26-22(29)25-13-20-27-19(14-30-20)21(28)24-11-10-16-4-3-5-17(23)12-16/h3-9,12,14H,2,10-11,13H2,1H3,(H,24,28)(H2,25,26,29). The maximum absolute atomic E-state index is 12.3. The lowest BCUT2D eigenvalue weighted by atomic mass is 10.1. The van der Waals surface area contributed by atoms with Gasteiger partial charge in [-0.05, 0) is 48.2 Å². The molecule has 3 rings (SSSR count). The minimum Gasteiger partial charge on any atom is -0.350 e. The molecule has 156 valence electrons. The van der Waals surface area contributed by atoms with Gasteiger partial charge in [0.05, 0.1) is 6.54 Å². The van der Waals surface area contributed by atoms with Gasteiger partial charge < -0.3 is 16.0 Å². The second-order valence-electron chi connectivity index (χ2n) is 6.62. The van der Waals surface area contributed by atoms with E-state index in [1.165, 1.54) is 16.9 Å². The van der Waals surface area contributed by atoms with E-state index in [9.17, 15) is 9.59 Å². The molecule has 1 aromatic heterocycles. The van der Waals surface area contributed by atoms with Gasteiger partial charge in [-0.1, -0.05) is 42.8 Å². The Labute approximate surface area is 184 Å². The van der Waals surface area contributed by atoms with Crippen molar-refractivity contribution in [2.45, 2.75) is 26.3 Å². The number of aryl methyl sites for hydroxylation is 1. The monoisotopic (exact) mass is 442 g/mol. The van der Waals surface area contributed by atoms with Crippen molar-refractivity contribution in [3.63, 3.8) is 0 Å². The lowest BCUT2D eigenvalue weighted by Crippen LogP contribution is -2.28. The molecule has 0 aliphatic rings. The molecular formula is C22H23ClN4O2S. The van der Waals surface area contributed by atoms with Crippen LogP contribution in [-0.2, 0) is 19.4 Å². The first-order chi connectivity index (χ1) is 14.5. The number of rotatable bonds is 8. The van der Waals surface area contributed by atoms with Gasteiger partial charge in [0.2, 0.25) is 0 Å². The Hall–Kier alpha value is -2.90.